The number of ether oxygens (including phenoxy) is 1. The molecule has 1 heterocycles. The molecule has 0 bridgehead atoms. The van der Waals surface area contributed by atoms with Gasteiger partial charge in [-0.05, 0) is 42.9 Å². The first-order valence-electron chi connectivity index (χ1n) is 9.08. The van der Waals surface area contributed by atoms with E-state index in [0.29, 0.717) is 36.1 Å². The van der Waals surface area contributed by atoms with Crippen LogP contribution in [-0.2, 0) is 9.53 Å². The van der Waals surface area contributed by atoms with Crippen LogP contribution in [0.15, 0.2) is 0 Å². The second-order valence-electron chi connectivity index (χ2n) is 8.20. The Bertz CT molecular complexity index is 368. The van der Waals surface area contributed by atoms with E-state index in [1.807, 2.05) is 6.92 Å². The third-order valence-corrected chi connectivity index (χ3v) is 5.73. The zero-order valence-corrected chi connectivity index (χ0v) is 15.9. The first-order valence-corrected chi connectivity index (χ1v) is 9.08. The molecule has 1 N–H and O–H groups in total. The van der Waals surface area contributed by atoms with Crippen molar-refractivity contribution in [3.8, 4) is 0 Å². The summed E-state index contributed by atoms with van der Waals surface area (Å²) < 4.78 is 6.42. The number of carbonyl (C=O) groups is 1. The van der Waals surface area contributed by atoms with E-state index in [1.54, 1.807) is 0 Å². The number of carbonyl (C=O) groups excluding carboxylic acids is 1. The normalized spacial score (nSPS) is 35.2. The summed E-state index contributed by atoms with van der Waals surface area (Å²) in [6.45, 7) is 18.3. The van der Waals surface area contributed by atoms with E-state index < -0.39 is 5.60 Å². The number of nitrogens with one attached hydrogen (secondary N) is 1. The molecular formula is C19H37NO2. The van der Waals surface area contributed by atoms with Gasteiger partial charge in [0.1, 0.15) is 5.60 Å². The van der Waals surface area contributed by atoms with Crippen molar-refractivity contribution in [3.63, 3.8) is 0 Å². The van der Waals surface area contributed by atoms with Crippen molar-refractivity contribution in [2.45, 2.75) is 79.9 Å². The number of rotatable bonds is 6. The fourth-order valence-corrected chi connectivity index (χ4v) is 3.49. The first kappa shape index (κ1) is 19.5. The zero-order valence-electron chi connectivity index (χ0n) is 15.9. The average molecular weight is 312 g/mol. The minimum atomic E-state index is -0.687. The quantitative estimate of drug-likeness (QED) is 0.796. The lowest BCUT2D eigenvalue weighted by Crippen LogP contribution is -2.57. The van der Waals surface area contributed by atoms with Crippen LogP contribution in [0.25, 0.3) is 0 Å². The van der Waals surface area contributed by atoms with Crippen molar-refractivity contribution in [2.24, 2.45) is 29.6 Å². The van der Waals surface area contributed by atoms with Crippen LogP contribution in [0, 0.1) is 29.6 Å². The van der Waals surface area contributed by atoms with Crippen molar-refractivity contribution in [1.82, 2.24) is 5.32 Å². The molecule has 1 amide bonds. The van der Waals surface area contributed by atoms with Gasteiger partial charge in [-0.1, -0.05) is 54.9 Å². The van der Waals surface area contributed by atoms with Crippen molar-refractivity contribution < 1.29 is 9.53 Å². The van der Waals surface area contributed by atoms with Gasteiger partial charge < -0.3 is 10.1 Å². The Kier molecular flexibility index (Phi) is 6.91. The van der Waals surface area contributed by atoms with Crippen LogP contribution in [0.2, 0.25) is 0 Å². The van der Waals surface area contributed by atoms with Crippen LogP contribution in [0.4, 0.5) is 0 Å². The molecule has 1 aliphatic heterocycles. The third-order valence-electron chi connectivity index (χ3n) is 5.73. The molecule has 0 spiro atoms. The molecule has 0 aromatic heterocycles. The summed E-state index contributed by atoms with van der Waals surface area (Å²) in [6.07, 6.45) is 2.12. The molecule has 1 rings (SSSR count). The topological polar surface area (TPSA) is 38.3 Å². The Balaban J connectivity index is 2.87. The molecular weight excluding hydrogens is 274 g/mol. The zero-order chi connectivity index (χ0) is 17.1. The second kappa shape index (κ2) is 7.81. The van der Waals surface area contributed by atoms with Crippen molar-refractivity contribution in [2.75, 3.05) is 6.54 Å². The molecule has 6 unspecified atom stereocenters. The van der Waals surface area contributed by atoms with Crippen molar-refractivity contribution in [1.29, 1.82) is 0 Å². The predicted molar refractivity (Wildman–Crippen MR) is 92.7 cm³/mol. The Hall–Kier alpha value is -0.570. The third kappa shape index (κ3) is 4.47. The van der Waals surface area contributed by atoms with Crippen LogP contribution >= 0.6 is 0 Å². The molecule has 130 valence electrons. The molecule has 0 aliphatic carbocycles. The summed E-state index contributed by atoms with van der Waals surface area (Å²) in [5.74, 6) is 2.60. The maximum Gasteiger partial charge on any atom is 0.251 e. The minimum Gasteiger partial charge on any atom is -0.362 e. The van der Waals surface area contributed by atoms with E-state index in [0.717, 1.165) is 12.8 Å². The Morgan fingerprint density at radius 2 is 1.86 bits per heavy atom. The van der Waals surface area contributed by atoms with Gasteiger partial charge in [0.05, 0.1) is 6.10 Å². The minimum absolute atomic E-state index is 0.0568. The van der Waals surface area contributed by atoms with Gasteiger partial charge in [0.15, 0.2) is 0 Å². The molecule has 1 aliphatic rings. The van der Waals surface area contributed by atoms with E-state index in [2.05, 4.69) is 53.8 Å². The van der Waals surface area contributed by atoms with Gasteiger partial charge in [-0.25, -0.2) is 0 Å². The van der Waals surface area contributed by atoms with Crippen LogP contribution in [0.3, 0.4) is 0 Å². The van der Waals surface area contributed by atoms with E-state index >= 15 is 0 Å². The molecule has 22 heavy (non-hydrogen) atoms. The van der Waals surface area contributed by atoms with E-state index in [9.17, 15) is 4.79 Å². The number of hydrogen-bond acceptors (Lipinski definition) is 2. The highest BCUT2D eigenvalue weighted by atomic mass is 16.5. The van der Waals surface area contributed by atoms with Crippen LogP contribution < -0.4 is 5.32 Å². The lowest BCUT2D eigenvalue weighted by atomic mass is 9.72. The summed E-state index contributed by atoms with van der Waals surface area (Å²) in [6, 6.07) is 0. The van der Waals surface area contributed by atoms with Crippen LogP contribution in [-0.4, -0.2) is 24.2 Å². The summed E-state index contributed by atoms with van der Waals surface area (Å²) in [7, 11) is 0. The maximum absolute atomic E-state index is 12.6. The smallest absolute Gasteiger partial charge is 0.251 e. The molecule has 0 radical (unpaired) electrons. The summed E-state index contributed by atoms with van der Waals surface area (Å²) in [5.41, 5.74) is -0.687. The van der Waals surface area contributed by atoms with E-state index in [1.165, 1.54) is 0 Å². The first-order chi connectivity index (χ1) is 10.1. The van der Waals surface area contributed by atoms with E-state index in [4.69, 9.17) is 4.74 Å². The fraction of sp³-hybridized carbons (Fsp3) is 0.947. The summed E-state index contributed by atoms with van der Waals surface area (Å²) >= 11 is 0. The molecule has 0 saturated carbocycles. The van der Waals surface area contributed by atoms with Gasteiger partial charge in [0.25, 0.3) is 5.91 Å². The Labute approximate surface area is 137 Å². The summed E-state index contributed by atoms with van der Waals surface area (Å²) in [5, 5.41) is 3.07. The van der Waals surface area contributed by atoms with Gasteiger partial charge in [0, 0.05) is 6.54 Å². The van der Waals surface area contributed by atoms with E-state index in [-0.39, 0.29) is 12.0 Å². The Morgan fingerprint density at radius 3 is 2.36 bits per heavy atom. The molecule has 3 nitrogen and oxygen atoms in total. The largest absolute Gasteiger partial charge is 0.362 e. The SMILES string of the molecule is CCC(C)C(C)C1OC(C)(C(=O)NCC(C)C)CC(C)C1C. The average Bonchev–Trinajstić information content (AvgIpc) is 2.46. The highest BCUT2D eigenvalue weighted by molar-refractivity contribution is 5.84. The second-order valence-corrected chi connectivity index (χ2v) is 8.20. The number of hydrogen-bond donors (Lipinski definition) is 1. The van der Waals surface area contributed by atoms with Gasteiger partial charge in [-0.2, -0.15) is 0 Å². The lowest BCUT2D eigenvalue weighted by molar-refractivity contribution is -0.192. The fourth-order valence-electron chi connectivity index (χ4n) is 3.49. The van der Waals surface area contributed by atoms with Gasteiger partial charge in [0.2, 0.25) is 0 Å². The van der Waals surface area contributed by atoms with Crippen LogP contribution in [0.1, 0.15) is 68.2 Å². The maximum atomic E-state index is 12.6. The molecule has 0 aromatic rings. The van der Waals surface area contributed by atoms with Crippen LogP contribution in [0.5, 0.6) is 0 Å². The van der Waals surface area contributed by atoms with Crippen molar-refractivity contribution in [3.05, 3.63) is 0 Å². The lowest BCUT2D eigenvalue weighted by Gasteiger charge is -2.47. The monoisotopic (exact) mass is 311 g/mol. The predicted octanol–water partition coefficient (Wildman–Crippen LogP) is 4.26. The molecule has 1 fully saturated rings. The van der Waals surface area contributed by atoms with Crippen molar-refractivity contribution >= 4 is 5.91 Å². The molecule has 3 heteroatoms. The van der Waals surface area contributed by atoms with Gasteiger partial charge in [-0.15, -0.1) is 0 Å². The highest BCUT2D eigenvalue weighted by Gasteiger charge is 2.47. The molecule has 6 atom stereocenters. The number of amides is 1. The highest BCUT2D eigenvalue weighted by Crippen LogP contribution is 2.41. The molecule has 0 aromatic carbocycles. The standard InChI is InChI=1S/C19H37NO2/c1-9-13(4)15(6)17-16(7)14(5)10-19(8,22-17)18(21)20-11-12(2)3/h12-17H,9-11H2,1-8H3,(H,20,21). The molecule has 1 saturated heterocycles. The summed E-state index contributed by atoms with van der Waals surface area (Å²) in [4.78, 5) is 12.6. The Morgan fingerprint density at radius 1 is 1.27 bits per heavy atom. The van der Waals surface area contributed by atoms with Gasteiger partial charge in [-0.3, -0.25) is 4.79 Å². The van der Waals surface area contributed by atoms with Gasteiger partial charge >= 0.3 is 0 Å².